The zero-order valence-electron chi connectivity index (χ0n) is 16.1. The predicted octanol–water partition coefficient (Wildman–Crippen LogP) is 4.35. The van der Waals surface area contributed by atoms with Gasteiger partial charge in [-0.25, -0.2) is 13.8 Å². The Morgan fingerprint density at radius 1 is 1.00 bits per heavy atom. The molecule has 0 saturated carbocycles. The third-order valence-corrected chi connectivity index (χ3v) is 6.24. The Kier molecular flexibility index (Phi) is 5.69. The fourth-order valence-electron chi connectivity index (χ4n) is 3.50. The van der Waals surface area contributed by atoms with E-state index in [2.05, 4.69) is 22.0 Å². The number of nitrogens with zero attached hydrogens (tertiary/aromatic N) is 3. The molecule has 1 amide bonds. The number of piperazine rings is 1. The molecule has 150 valence electrons. The van der Waals surface area contributed by atoms with Crippen LogP contribution in [-0.2, 0) is 6.54 Å². The first-order chi connectivity index (χ1) is 14.0. The van der Waals surface area contributed by atoms with Crippen LogP contribution in [0.3, 0.4) is 0 Å². The molecule has 0 N–H and O–H groups in total. The van der Waals surface area contributed by atoms with Gasteiger partial charge in [-0.2, -0.15) is 0 Å². The molecule has 0 bridgehead atoms. The molecule has 29 heavy (non-hydrogen) atoms. The minimum Gasteiger partial charge on any atom is -0.335 e. The Hall–Kier alpha value is -2.64. The number of aromatic nitrogens is 1. The van der Waals surface area contributed by atoms with E-state index in [1.807, 2.05) is 18.2 Å². The summed E-state index contributed by atoms with van der Waals surface area (Å²) >= 11 is 1.05. The van der Waals surface area contributed by atoms with E-state index >= 15 is 0 Å². The number of amides is 1. The van der Waals surface area contributed by atoms with Crippen molar-refractivity contribution in [2.24, 2.45) is 0 Å². The van der Waals surface area contributed by atoms with Crippen molar-refractivity contribution >= 4 is 17.2 Å². The summed E-state index contributed by atoms with van der Waals surface area (Å²) in [6.07, 6.45) is 0. The van der Waals surface area contributed by atoms with E-state index in [0.717, 1.165) is 31.0 Å². The Morgan fingerprint density at radius 2 is 1.66 bits per heavy atom. The second-order valence-corrected chi connectivity index (χ2v) is 8.08. The van der Waals surface area contributed by atoms with Crippen LogP contribution in [0.15, 0.2) is 48.5 Å². The summed E-state index contributed by atoms with van der Waals surface area (Å²) in [5.41, 5.74) is 1.58. The van der Waals surface area contributed by atoms with Gasteiger partial charge in [0.2, 0.25) is 0 Å². The molecule has 0 spiro atoms. The molecule has 2 aromatic carbocycles. The van der Waals surface area contributed by atoms with E-state index in [0.29, 0.717) is 23.7 Å². The summed E-state index contributed by atoms with van der Waals surface area (Å²) in [6, 6.07) is 14.0. The first kappa shape index (κ1) is 19.7. The van der Waals surface area contributed by atoms with Crippen molar-refractivity contribution in [2.75, 3.05) is 26.2 Å². The first-order valence-electron chi connectivity index (χ1n) is 9.50. The summed E-state index contributed by atoms with van der Waals surface area (Å²) in [7, 11) is 0. The molecule has 4 nitrogen and oxygen atoms in total. The van der Waals surface area contributed by atoms with Gasteiger partial charge >= 0.3 is 0 Å². The maximum Gasteiger partial charge on any atom is 0.265 e. The molecule has 0 radical (unpaired) electrons. The van der Waals surface area contributed by atoms with Crippen LogP contribution >= 0.6 is 11.3 Å². The average molecular weight is 413 g/mol. The molecule has 0 unspecified atom stereocenters. The van der Waals surface area contributed by atoms with Crippen LogP contribution in [0, 0.1) is 18.6 Å². The SMILES string of the molecule is Cc1nc(-c2c(F)cccc2F)sc1C(=O)N1CCN(Cc2ccccc2)CC1. The highest BCUT2D eigenvalue weighted by Crippen LogP contribution is 2.32. The van der Waals surface area contributed by atoms with Crippen molar-refractivity contribution in [3.8, 4) is 10.6 Å². The molecule has 0 aliphatic carbocycles. The minimum absolute atomic E-state index is 0.123. The van der Waals surface area contributed by atoms with E-state index in [1.165, 1.54) is 23.8 Å². The predicted molar refractivity (Wildman–Crippen MR) is 110 cm³/mol. The molecule has 3 aromatic rings. The van der Waals surface area contributed by atoms with Crippen LogP contribution < -0.4 is 0 Å². The van der Waals surface area contributed by atoms with E-state index < -0.39 is 11.6 Å². The van der Waals surface area contributed by atoms with Crippen LogP contribution in [0.2, 0.25) is 0 Å². The van der Waals surface area contributed by atoms with E-state index in [9.17, 15) is 13.6 Å². The van der Waals surface area contributed by atoms with Crippen LogP contribution in [0.5, 0.6) is 0 Å². The summed E-state index contributed by atoms with van der Waals surface area (Å²) in [5.74, 6) is -1.47. The molecule has 2 heterocycles. The maximum absolute atomic E-state index is 14.1. The minimum atomic E-state index is -0.674. The molecular formula is C22H21F2N3OS. The number of hydrogen-bond acceptors (Lipinski definition) is 4. The zero-order chi connectivity index (χ0) is 20.4. The molecule has 1 aliphatic rings. The molecule has 1 aromatic heterocycles. The lowest BCUT2D eigenvalue weighted by molar-refractivity contribution is 0.0632. The lowest BCUT2D eigenvalue weighted by Gasteiger charge is -2.34. The lowest BCUT2D eigenvalue weighted by Crippen LogP contribution is -2.48. The number of carbonyl (C=O) groups is 1. The number of halogens is 2. The number of rotatable bonds is 4. The molecule has 1 aliphatic heterocycles. The fourth-order valence-corrected chi connectivity index (χ4v) is 4.58. The molecule has 1 fully saturated rings. The Balaban J connectivity index is 1.45. The number of aryl methyl sites for hydroxylation is 1. The standard InChI is InChI=1S/C22H21F2N3OS/c1-15-20(29-21(25-15)19-17(23)8-5-9-18(19)24)22(28)27-12-10-26(11-13-27)14-16-6-3-2-4-7-16/h2-9H,10-14H2,1H3. The second kappa shape index (κ2) is 8.39. The summed E-state index contributed by atoms with van der Waals surface area (Å²) < 4.78 is 28.2. The monoisotopic (exact) mass is 413 g/mol. The van der Waals surface area contributed by atoms with Gasteiger partial charge in [-0.05, 0) is 24.6 Å². The van der Waals surface area contributed by atoms with E-state index in [4.69, 9.17) is 0 Å². The van der Waals surface area contributed by atoms with Gasteiger partial charge in [-0.15, -0.1) is 11.3 Å². The smallest absolute Gasteiger partial charge is 0.265 e. The number of carbonyl (C=O) groups excluding carboxylic acids is 1. The van der Waals surface area contributed by atoms with Crippen molar-refractivity contribution in [2.45, 2.75) is 13.5 Å². The highest BCUT2D eigenvalue weighted by molar-refractivity contribution is 7.17. The fraction of sp³-hybridized carbons (Fsp3) is 0.273. The lowest BCUT2D eigenvalue weighted by atomic mass is 10.2. The highest BCUT2D eigenvalue weighted by Gasteiger charge is 2.26. The summed E-state index contributed by atoms with van der Waals surface area (Å²) in [6.45, 7) is 5.37. The number of benzene rings is 2. The first-order valence-corrected chi connectivity index (χ1v) is 10.3. The van der Waals surface area contributed by atoms with Crippen molar-refractivity contribution in [3.05, 3.63) is 76.3 Å². The van der Waals surface area contributed by atoms with Crippen LogP contribution in [0.25, 0.3) is 10.6 Å². The molecule has 7 heteroatoms. The second-order valence-electron chi connectivity index (χ2n) is 7.08. The van der Waals surface area contributed by atoms with Gasteiger partial charge in [-0.3, -0.25) is 9.69 Å². The highest BCUT2D eigenvalue weighted by atomic mass is 32.1. The van der Waals surface area contributed by atoms with Gasteiger partial charge in [-0.1, -0.05) is 36.4 Å². The van der Waals surface area contributed by atoms with Crippen molar-refractivity contribution in [1.29, 1.82) is 0 Å². The number of hydrogen-bond donors (Lipinski definition) is 0. The third-order valence-electron chi connectivity index (χ3n) is 5.08. The Morgan fingerprint density at radius 3 is 2.31 bits per heavy atom. The van der Waals surface area contributed by atoms with Gasteiger partial charge in [0, 0.05) is 32.7 Å². The molecule has 0 atom stereocenters. The van der Waals surface area contributed by atoms with Crippen LogP contribution in [0.1, 0.15) is 20.9 Å². The normalized spacial score (nSPS) is 14.9. The maximum atomic E-state index is 14.1. The van der Waals surface area contributed by atoms with Gasteiger partial charge in [0.05, 0.1) is 11.3 Å². The van der Waals surface area contributed by atoms with Gasteiger partial charge < -0.3 is 4.90 Å². The van der Waals surface area contributed by atoms with E-state index in [1.54, 1.807) is 11.8 Å². The largest absolute Gasteiger partial charge is 0.335 e. The summed E-state index contributed by atoms with van der Waals surface area (Å²) in [4.78, 5) is 21.8. The molecular weight excluding hydrogens is 392 g/mol. The van der Waals surface area contributed by atoms with Gasteiger partial charge in [0.15, 0.2) is 0 Å². The molecule has 4 rings (SSSR count). The number of thiazole rings is 1. The zero-order valence-corrected chi connectivity index (χ0v) is 16.9. The topological polar surface area (TPSA) is 36.4 Å². The van der Waals surface area contributed by atoms with Crippen molar-refractivity contribution in [3.63, 3.8) is 0 Å². The molecule has 1 saturated heterocycles. The quantitative estimate of drug-likeness (QED) is 0.638. The summed E-state index contributed by atoms with van der Waals surface area (Å²) in [5, 5.41) is 0.198. The third kappa shape index (κ3) is 4.21. The average Bonchev–Trinajstić information content (AvgIpc) is 3.10. The van der Waals surface area contributed by atoms with Crippen LogP contribution in [-0.4, -0.2) is 46.9 Å². The van der Waals surface area contributed by atoms with Crippen molar-refractivity contribution < 1.29 is 13.6 Å². The van der Waals surface area contributed by atoms with E-state index in [-0.39, 0.29) is 16.5 Å². The van der Waals surface area contributed by atoms with Crippen molar-refractivity contribution in [1.82, 2.24) is 14.8 Å². The van der Waals surface area contributed by atoms with Crippen LogP contribution in [0.4, 0.5) is 8.78 Å². The van der Waals surface area contributed by atoms with Gasteiger partial charge in [0.1, 0.15) is 21.5 Å². The van der Waals surface area contributed by atoms with Gasteiger partial charge in [0.25, 0.3) is 5.91 Å². The Bertz CT molecular complexity index is 994. The Labute approximate surface area is 172 Å².